The summed E-state index contributed by atoms with van der Waals surface area (Å²) in [5, 5.41) is 2.77. The van der Waals surface area contributed by atoms with Gasteiger partial charge in [0.25, 0.3) is 5.91 Å². The Hall–Kier alpha value is -3.01. The van der Waals surface area contributed by atoms with E-state index in [1.165, 1.54) is 0 Å². The molecule has 2 heterocycles. The molecule has 1 N–H and O–H groups in total. The summed E-state index contributed by atoms with van der Waals surface area (Å²) in [6.07, 6.45) is 5.22. The predicted molar refractivity (Wildman–Crippen MR) is 81.9 cm³/mol. The largest absolute Gasteiger partial charge is 0.307 e. The first kappa shape index (κ1) is 13.0. The number of benzene rings is 1. The SMILES string of the molecule is O=C(Nc1ccc(-c2cccnc2)cn1)c1ccccc1. The molecule has 0 atom stereocenters. The average molecular weight is 275 g/mol. The zero-order valence-corrected chi connectivity index (χ0v) is 11.2. The molecule has 0 aliphatic carbocycles. The van der Waals surface area contributed by atoms with E-state index < -0.39 is 0 Å². The van der Waals surface area contributed by atoms with Crippen molar-refractivity contribution in [3.8, 4) is 11.1 Å². The van der Waals surface area contributed by atoms with E-state index in [1.807, 2.05) is 36.4 Å². The number of carbonyl (C=O) groups is 1. The Morgan fingerprint density at radius 2 is 1.67 bits per heavy atom. The van der Waals surface area contributed by atoms with Gasteiger partial charge in [0.05, 0.1) is 0 Å². The Labute approximate surface area is 122 Å². The summed E-state index contributed by atoms with van der Waals surface area (Å²) in [7, 11) is 0. The molecule has 2 aromatic heterocycles. The van der Waals surface area contributed by atoms with Crippen LogP contribution in [0.25, 0.3) is 11.1 Å². The Morgan fingerprint density at radius 1 is 0.857 bits per heavy atom. The number of amides is 1. The summed E-state index contributed by atoms with van der Waals surface area (Å²) < 4.78 is 0. The number of nitrogens with one attached hydrogen (secondary N) is 1. The van der Waals surface area contributed by atoms with Crippen LogP contribution in [-0.2, 0) is 0 Å². The molecule has 3 rings (SSSR count). The van der Waals surface area contributed by atoms with Crippen molar-refractivity contribution in [1.82, 2.24) is 9.97 Å². The Bertz CT molecular complexity index is 725. The van der Waals surface area contributed by atoms with Gasteiger partial charge in [-0.3, -0.25) is 9.78 Å². The van der Waals surface area contributed by atoms with Crippen LogP contribution in [-0.4, -0.2) is 15.9 Å². The Morgan fingerprint density at radius 3 is 2.33 bits per heavy atom. The van der Waals surface area contributed by atoms with Crippen molar-refractivity contribution >= 4 is 11.7 Å². The number of rotatable bonds is 3. The molecular formula is C17H13N3O. The maximum atomic E-state index is 12.0. The molecule has 102 valence electrons. The van der Waals surface area contributed by atoms with Crippen molar-refractivity contribution in [3.05, 3.63) is 78.8 Å². The first-order valence-corrected chi connectivity index (χ1v) is 6.56. The molecule has 0 aliphatic heterocycles. The van der Waals surface area contributed by atoms with Crippen LogP contribution in [0.5, 0.6) is 0 Å². The van der Waals surface area contributed by atoms with Gasteiger partial charge in [0.15, 0.2) is 0 Å². The molecule has 0 aliphatic rings. The summed E-state index contributed by atoms with van der Waals surface area (Å²) in [4.78, 5) is 20.3. The van der Waals surface area contributed by atoms with Crippen molar-refractivity contribution < 1.29 is 4.79 Å². The highest BCUT2D eigenvalue weighted by molar-refractivity contribution is 6.03. The van der Waals surface area contributed by atoms with Crippen LogP contribution in [0.2, 0.25) is 0 Å². The van der Waals surface area contributed by atoms with Crippen molar-refractivity contribution in [2.75, 3.05) is 5.32 Å². The second-order valence-corrected chi connectivity index (χ2v) is 4.49. The zero-order valence-electron chi connectivity index (χ0n) is 11.2. The van der Waals surface area contributed by atoms with E-state index >= 15 is 0 Å². The summed E-state index contributed by atoms with van der Waals surface area (Å²) in [6, 6.07) is 16.6. The summed E-state index contributed by atoms with van der Waals surface area (Å²) >= 11 is 0. The van der Waals surface area contributed by atoms with E-state index in [-0.39, 0.29) is 5.91 Å². The van der Waals surface area contributed by atoms with Crippen molar-refractivity contribution in [1.29, 1.82) is 0 Å². The fourth-order valence-electron chi connectivity index (χ4n) is 1.95. The van der Waals surface area contributed by atoms with Gasteiger partial charge in [0, 0.05) is 35.3 Å². The highest BCUT2D eigenvalue weighted by Gasteiger charge is 2.06. The van der Waals surface area contributed by atoms with Crippen LogP contribution in [0.3, 0.4) is 0 Å². The fourth-order valence-corrected chi connectivity index (χ4v) is 1.95. The average Bonchev–Trinajstić information content (AvgIpc) is 2.57. The van der Waals surface area contributed by atoms with E-state index in [9.17, 15) is 4.79 Å². The van der Waals surface area contributed by atoms with E-state index in [1.54, 1.807) is 36.8 Å². The lowest BCUT2D eigenvalue weighted by Gasteiger charge is -2.05. The minimum atomic E-state index is -0.169. The highest BCUT2D eigenvalue weighted by Crippen LogP contribution is 2.18. The third-order valence-electron chi connectivity index (χ3n) is 3.04. The molecule has 21 heavy (non-hydrogen) atoms. The minimum absolute atomic E-state index is 0.169. The number of carbonyl (C=O) groups excluding carboxylic acids is 1. The molecule has 0 saturated carbocycles. The minimum Gasteiger partial charge on any atom is -0.307 e. The van der Waals surface area contributed by atoms with Gasteiger partial charge >= 0.3 is 0 Å². The third kappa shape index (κ3) is 3.12. The van der Waals surface area contributed by atoms with Gasteiger partial charge in [0.2, 0.25) is 0 Å². The normalized spacial score (nSPS) is 10.1. The zero-order chi connectivity index (χ0) is 14.5. The van der Waals surface area contributed by atoms with Gasteiger partial charge in [-0.2, -0.15) is 0 Å². The lowest BCUT2D eigenvalue weighted by molar-refractivity contribution is 0.102. The molecule has 0 unspecified atom stereocenters. The smallest absolute Gasteiger partial charge is 0.256 e. The predicted octanol–water partition coefficient (Wildman–Crippen LogP) is 3.40. The highest BCUT2D eigenvalue weighted by atomic mass is 16.1. The van der Waals surface area contributed by atoms with Crippen LogP contribution in [0.4, 0.5) is 5.82 Å². The van der Waals surface area contributed by atoms with Gasteiger partial charge < -0.3 is 5.32 Å². The van der Waals surface area contributed by atoms with Gasteiger partial charge in [-0.05, 0) is 30.3 Å². The van der Waals surface area contributed by atoms with Gasteiger partial charge in [-0.15, -0.1) is 0 Å². The second kappa shape index (κ2) is 5.96. The lowest BCUT2D eigenvalue weighted by atomic mass is 10.1. The molecule has 1 amide bonds. The van der Waals surface area contributed by atoms with Crippen LogP contribution in [0.1, 0.15) is 10.4 Å². The van der Waals surface area contributed by atoms with E-state index in [0.29, 0.717) is 11.4 Å². The van der Waals surface area contributed by atoms with E-state index in [0.717, 1.165) is 11.1 Å². The van der Waals surface area contributed by atoms with E-state index in [2.05, 4.69) is 15.3 Å². The molecule has 4 nitrogen and oxygen atoms in total. The topological polar surface area (TPSA) is 54.9 Å². The summed E-state index contributed by atoms with van der Waals surface area (Å²) in [6.45, 7) is 0. The van der Waals surface area contributed by atoms with E-state index in [4.69, 9.17) is 0 Å². The molecular weight excluding hydrogens is 262 g/mol. The molecule has 0 radical (unpaired) electrons. The number of anilines is 1. The molecule has 0 fully saturated rings. The molecule has 1 aromatic carbocycles. The first-order chi connectivity index (χ1) is 10.3. The molecule has 3 aromatic rings. The van der Waals surface area contributed by atoms with Crippen LogP contribution >= 0.6 is 0 Å². The van der Waals surface area contributed by atoms with Crippen LogP contribution < -0.4 is 5.32 Å². The third-order valence-corrected chi connectivity index (χ3v) is 3.04. The van der Waals surface area contributed by atoms with Gasteiger partial charge in [0.1, 0.15) is 5.82 Å². The number of hydrogen-bond donors (Lipinski definition) is 1. The number of pyridine rings is 2. The summed E-state index contributed by atoms with van der Waals surface area (Å²) in [5.74, 6) is 0.355. The Balaban J connectivity index is 1.75. The van der Waals surface area contributed by atoms with Gasteiger partial charge in [-0.1, -0.05) is 24.3 Å². The molecule has 0 bridgehead atoms. The van der Waals surface area contributed by atoms with Crippen molar-refractivity contribution in [2.24, 2.45) is 0 Å². The molecule has 0 spiro atoms. The van der Waals surface area contributed by atoms with Crippen LogP contribution in [0, 0.1) is 0 Å². The standard InChI is InChI=1S/C17H13N3O/c21-17(13-5-2-1-3-6-13)20-16-9-8-15(12-19-16)14-7-4-10-18-11-14/h1-12H,(H,19,20,21). The number of aromatic nitrogens is 2. The second-order valence-electron chi connectivity index (χ2n) is 4.49. The van der Waals surface area contributed by atoms with Crippen molar-refractivity contribution in [3.63, 3.8) is 0 Å². The quantitative estimate of drug-likeness (QED) is 0.797. The number of hydrogen-bond acceptors (Lipinski definition) is 3. The first-order valence-electron chi connectivity index (χ1n) is 6.56. The summed E-state index contributed by atoms with van der Waals surface area (Å²) in [5.41, 5.74) is 2.56. The van der Waals surface area contributed by atoms with Crippen LogP contribution in [0.15, 0.2) is 73.2 Å². The Kier molecular flexibility index (Phi) is 3.69. The van der Waals surface area contributed by atoms with Crippen molar-refractivity contribution in [2.45, 2.75) is 0 Å². The molecule has 4 heteroatoms. The molecule has 0 saturated heterocycles. The lowest BCUT2D eigenvalue weighted by Crippen LogP contribution is -2.12. The fraction of sp³-hybridized carbons (Fsp3) is 0. The monoisotopic (exact) mass is 275 g/mol. The maximum absolute atomic E-state index is 12.0. The van der Waals surface area contributed by atoms with Gasteiger partial charge in [-0.25, -0.2) is 4.98 Å². The number of nitrogens with zero attached hydrogens (tertiary/aromatic N) is 2. The maximum Gasteiger partial charge on any atom is 0.256 e.